The van der Waals surface area contributed by atoms with Gasteiger partial charge >= 0.3 is 0 Å². The molecule has 0 atom stereocenters. The number of carbonyl (C=O) groups is 2. The molecule has 0 radical (unpaired) electrons. The van der Waals surface area contributed by atoms with Gasteiger partial charge in [-0.3, -0.25) is 9.59 Å². The van der Waals surface area contributed by atoms with Gasteiger partial charge in [0.05, 0.1) is 21.4 Å². The summed E-state index contributed by atoms with van der Waals surface area (Å²) in [4.78, 5) is 39.4. The van der Waals surface area contributed by atoms with E-state index in [0.717, 1.165) is 22.3 Å². The molecule has 1 aliphatic carbocycles. The Bertz CT molecular complexity index is 1490. The van der Waals surface area contributed by atoms with E-state index in [4.69, 9.17) is 11.6 Å². The van der Waals surface area contributed by atoms with E-state index in [1.165, 1.54) is 18.5 Å². The summed E-state index contributed by atoms with van der Waals surface area (Å²) in [6.45, 7) is 0. The molecule has 150 valence electrons. The Balaban J connectivity index is 1.56. The molecule has 4 aromatic rings. The lowest BCUT2D eigenvalue weighted by Crippen LogP contribution is -2.35. The third-order valence-corrected chi connectivity index (χ3v) is 5.22. The first-order valence-electron chi connectivity index (χ1n) is 9.38. The highest BCUT2D eigenvalue weighted by molar-refractivity contribution is 6.33. The van der Waals surface area contributed by atoms with Crippen LogP contribution in [0.15, 0.2) is 60.4 Å². The predicted molar refractivity (Wildman–Crippen MR) is 119 cm³/mol. The van der Waals surface area contributed by atoms with Gasteiger partial charge in [0, 0.05) is 22.0 Å². The molecular weight excluding hydrogens is 414 g/mol. The largest absolute Gasteiger partial charge is 0.340 e. The van der Waals surface area contributed by atoms with Crippen molar-refractivity contribution in [2.45, 2.75) is 0 Å². The van der Waals surface area contributed by atoms with E-state index in [9.17, 15) is 9.59 Å². The van der Waals surface area contributed by atoms with Crippen molar-refractivity contribution >= 4 is 58.4 Å². The quantitative estimate of drug-likeness (QED) is 0.383. The van der Waals surface area contributed by atoms with Gasteiger partial charge in [-0.2, -0.15) is 0 Å². The lowest BCUT2D eigenvalue weighted by atomic mass is 10.0. The third kappa shape index (κ3) is 3.51. The van der Waals surface area contributed by atoms with Gasteiger partial charge < -0.3 is 10.3 Å². The Morgan fingerprint density at radius 3 is 2.77 bits per heavy atom. The molecule has 2 aromatic carbocycles. The molecule has 0 aliphatic heterocycles. The molecule has 7 nitrogen and oxygen atoms in total. The molecule has 0 saturated carbocycles. The van der Waals surface area contributed by atoms with E-state index in [0.29, 0.717) is 33.5 Å². The number of fused-ring (bicyclic) bond motifs is 2. The number of aromatic nitrogens is 4. The summed E-state index contributed by atoms with van der Waals surface area (Å²) in [6.07, 6.45) is 6.19. The summed E-state index contributed by atoms with van der Waals surface area (Å²) in [5.74, 6) is 0.840. The second-order valence-corrected chi connectivity index (χ2v) is 7.26. The van der Waals surface area contributed by atoms with Crippen LogP contribution in [0.25, 0.3) is 34.6 Å². The molecule has 0 amide bonds. The Hall–Kier alpha value is -4.10. The fourth-order valence-corrected chi connectivity index (χ4v) is 3.61. The fourth-order valence-electron chi connectivity index (χ4n) is 3.40. The van der Waals surface area contributed by atoms with Crippen LogP contribution >= 0.6 is 11.6 Å². The second-order valence-electron chi connectivity index (χ2n) is 6.85. The average molecular weight is 428 g/mol. The summed E-state index contributed by atoms with van der Waals surface area (Å²) in [5.41, 5.74) is 3.49. The number of hydrogen-bond donors (Lipinski definition) is 2. The number of aromatic amines is 1. The van der Waals surface area contributed by atoms with Gasteiger partial charge in [0.2, 0.25) is 0 Å². The van der Waals surface area contributed by atoms with Crippen molar-refractivity contribution in [3.05, 3.63) is 76.0 Å². The molecule has 0 unspecified atom stereocenters. The maximum absolute atomic E-state index is 12.3. The average Bonchev–Trinajstić information content (AvgIpc) is 3.20. The van der Waals surface area contributed by atoms with Crippen LogP contribution in [0.2, 0.25) is 5.02 Å². The van der Waals surface area contributed by atoms with Crippen molar-refractivity contribution in [2.75, 3.05) is 5.32 Å². The SMILES string of the molecule is O=C/C=C1\C=c2ncnc(Nc3ccc(Cl)c(-c4nc5ccccc5[nH]4)c3)c2=CC1=O. The van der Waals surface area contributed by atoms with E-state index in [1.807, 2.05) is 36.4 Å². The van der Waals surface area contributed by atoms with Crippen LogP contribution < -0.4 is 15.9 Å². The van der Waals surface area contributed by atoms with Crippen LogP contribution in [0.4, 0.5) is 11.5 Å². The van der Waals surface area contributed by atoms with Gasteiger partial charge in [-0.05, 0) is 48.6 Å². The van der Waals surface area contributed by atoms with Crippen molar-refractivity contribution in [1.29, 1.82) is 0 Å². The molecule has 1 aliphatic rings. The standard InChI is InChI=1S/C23H14ClN5O2/c24-17-6-5-14(10-15(17)23-28-18-3-1-2-4-19(18)29-23)27-22-16-11-21(31)13(7-8-30)9-20(16)25-12-26-22/h1-12H,(H,28,29)(H,25,26,27)/b13-7+. The van der Waals surface area contributed by atoms with Crippen molar-refractivity contribution in [1.82, 2.24) is 19.9 Å². The number of benzene rings is 2. The lowest BCUT2D eigenvalue weighted by molar-refractivity contribution is -0.110. The summed E-state index contributed by atoms with van der Waals surface area (Å²) >= 11 is 6.44. The number of aldehydes is 1. The van der Waals surface area contributed by atoms with Crippen molar-refractivity contribution < 1.29 is 9.59 Å². The summed E-state index contributed by atoms with van der Waals surface area (Å²) in [6, 6.07) is 13.2. The number of nitrogens with zero attached hydrogens (tertiary/aromatic N) is 3. The molecule has 2 aromatic heterocycles. The van der Waals surface area contributed by atoms with E-state index < -0.39 is 0 Å². The number of imidazole rings is 1. The molecule has 2 N–H and O–H groups in total. The molecule has 31 heavy (non-hydrogen) atoms. The number of Topliss-reactive ketones (excluding diaryl/α,β-unsaturated/α-hetero) is 1. The normalized spacial score (nSPS) is 14.1. The Morgan fingerprint density at radius 1 is 1.06 bits per heavy atom. The third-order valence-electron chi connectivity index (χ3n) is 4.89. The number of halogens is 1. The monoisotopic (exact) mass is 427 g/mol. The van der Waals surface area contributed by atoms with Crippen LogP contribution in [0.3, 0.4) is 0 Å². The molecule has 2 heterocycles. The van der Waals surface area contributed by atoms with E-state index >= 15 is 0 Å². The number of para-hydroxylation sites is 2. The Morgan fingerprint density at radius 2 is 1.94 bits per heavy atom. The van der Waals surface area contributed by atoms with E-state index in [-0.39, 0.29) is 11.4 Å². The summed E-state index contributed by atoms with van der Waals surface area (Å²) < 4.78 is 0. The van der Waals surface area contributed by atoms with Crippen molar-refractivity contribution in [3.63, 3.8) is 0 Å². The molecule has 0 saturated heterocycles. The van der Waals surface area contributed by atoms with Gasteiger partial charge in [0.15, 0.2) is 5.78 Å². The van der Waals surface area contributed by atoms with Crippen LogP contribution in [0, 0.1) is 0 Å². The first-order chi connectivity index (χ1) is 15.1. The highest BCUT2D eigenvalue weighted by Gasteiger charge is 2.14. The first-order valence-corrected chi connectivity index (χ1v) is 9.76. The molecule has 8 heteroatoms. The van der Waals surface area contributed by atoms with E-state index in [1.54, 1.807) is 12.1 Å². The van der Waals surface area contributed by atoms with Crippen LogP contribution in [-0.2, 0) is 9.59 Å². The predicted octanol–water partition coefficient (Wildman–Crippen LogP) is 2.69. The Labute approximate surface area is 180 Å². The first kappa shape index (κ1) is 18.9. The van der Waals surface area contributed by atoms with Crippen LogP contribution in [0.1, 0.15) is 0 Å². The Kier molecular flexibility index (Phi) is 4.65. The highest BCUT2D eigenvalue weighted by atomic mass is 35.5. The molecule has 0 fully saturated rings. The lowest BCUT2D eigenvalue weighted by Gasteiger charge is -2.10. The molecule has 0 bridgehead atoms. The fraction of sp³-hybridized carbons (Fsp3) is 0. The minimum atomic E-state index is -0.281. The minimum Gasteiger partial charge on any atom is -0.340 e. The number of anilines is 2. The second kappa shape index (κ2) is 7.62. The number of allylic oxidation sites excluding steroid dienone is 2. The number of hydrogen-bond acceptors (Lipinski definition) is 6. The molecule has 0 spiro atoms. The molecule has 5 rings (SSSR count). The minimum absolute atomic E-state index is 0.281. The van der Waals surface area contributed by atoms with Gasteiger partial charge in [-0.1, -0.05) is 23.7 Å². The number of ketones is 1. The topological polar surface area (TPSA) is 101 Å². The maximum atomic E-state index is 12.3. The van der Waals surface area contributed by atoms with Gasteiger partial charge in [-0.15, -0.1) is 0 Å². The van der Waals surface area contributed by atoms with Gasteiger partial charge in [0.1, 0.15) is 24.3 Å². The summed E-state index contributed by atoms with van der Waals surface area (Å²) in [7, 11) is 0. The van der Waals surface area contributed by atoms with E-state index in [2.05, 4.69) is 25.3 Å². The number of H-pyrrole nitrogens is 1. The zero-order valence-corrected chi connectivity index (χ0v) is 16.7. The number of rotatable bonds is 4. The van der Waals surface area contributed by atoms with Crippen molar-refractivity contribution in [2.24, 2.45) is 0 Å². The maximum Gasteiger partial charge on any atom is 0.186 e. The van der Waals surface area contributed by atoms with Crippen molar-refractivity contribution in [3.8, 4) is 11.4 Å². The zero-order valence-electron chi connectivity index (χ0n) is 16.0. The number of nitrogens with one attached hydrogen (secondary N) is 2. The van der Waals surface area contributed by atoms with Gasteiger partial charge in [-0.25, -0.2) is 15.0 Å². The van der Waals surface area contributed by atoms with Gasteiger partial charge in [0.25, 0.3) is 0 Å². The van der Waals surface area contributed by atoms with Crippen LogP contribution in [0.5, 0.6) is 0 Å². The van der Waals surface area contributed by atoms with Crippen LogP contribution in [-0.4, -0.2) is 32.0 Å². The summed E-state index contributed by atoms with van der Waals surface area (Å²) in [5, 5.41) is 4.88. The highest BCUT2D eigenvalue weighted by Crippen LogP contribution is 2.30. The smallest absolute Gasteiger partial charge is 0.186 e. The zero-order chi connectivity index (χ0) is 21.4. The molecular formula is C23H14ClN5O2. The number of carbonyl (C=O) groups excluding carboxylic acids is 2.